The highest BCUT2D eigenvalue weighted by Crippen LogP contribution is 2.21. The number of hydrogen-bond acceptors (Lipinski definition) is 10. The zero-order valence-electron chi connectivity index (χ0n) is 23.4. The van der Waals surface area contributed by atoms with Crippen LogP contribution in [0.5, 0.6) is 0 Å². The summed E-state index contributed by atoms with van der Waals surface area (Å²) in [6.45, 7) is 5.13. The molecule has 2 amide bonds. The van der Waals surface area contributed by atoms with Crippen LogP contribution in [-0.4, -0.2) is 67.4 Å². The van der Waals surface area contributed by atoms with E-state index in [1.54, 1.807) is 54.6 Å². The molecule has 2 aromatic carbocycles. The lowest BCUT2D eigenvalue weighted by Gasteiger charge is -2.34. The number of nitrogens with zero attached hydrogens (tertiary/aromatic N) is 1. The minimum Gasteiger partial charge on any atom is -0.464 e. The fraction of sp³-hybridized carbons (Fsp3) is 0.448. The predicted molar refractivity (Wildman–Crippen MR) is 144 cm³/mol. The van der Waals surface area contributed by atoms with Gasteiger partial charge in [0.2, 0.25) is 0 Å². The molecule has 0 radical (unpaired) electrons. The first kappa shape index (κ1) is 31.4. The zero-order chi connectivity index (χ0) is 29.6. The van der Waals surface area contributed by atoms with E-state index >= 15 is 0 Å². The van der Waals surface area contributed by atoms with Crippen molar-refractivity contribution in [3.8, 4) is 0 Å². The molecular formula is C29H36N2O10. The molecule has 1 aliphatic heterocycles. The van der Waals surface area contributed by atoms with Gasteiger partial charge in [-0.05, 0) is 17.0 Å². The van der Waals surface area contributed by atoms with Crippen LogP contribution in [-0.2, 0) is 51.2 Å². The van der Waals surface area contributed by atoms with Crippen LogP contribution in [0, 0.1) is 5.92 Å². The van der Waals surface area contributed by atoms with Gasteiger partial charge in [0, 0.05) is 13.3 Å². The summed E-state index contributed by atoms with van der Waals surface area (Å²) in [5.41, 5.74) is 3.65. The average molecular weight is 573 g/mol. The van der Waals surface area contributed by atoms with Gasteiger partial charge in [-0.25, -0.2) is 19.8 Å². The summed E-state index contributed by atoms with van der Waals surface area (Å²) in [6.07, 6.45) is -4.46. The second kappa shape index (κ2) is 16.2. The van der Waals surface area contributed by atoms with Crippen LogP contribution in [0.3, 0.4) is 0 Å². The Balaban J connectivity index is 1.90. The first-order valence-electron chi connectivity index (χ1n) is 13.3. The number of hydrazine groups is 1. The number of hydrogen-bond donors (Lipinski definition) is 1. The molecule has 1 heterocycles. The molecule has 0 aromatic heterocycles. The van der Waals surface area contributed by atoms with E-state index in [2.05, 4.69) is 5.43 Å². The van der Waals surface area contributed by atoms with Crippen LogP contribution in [0.2, 0.25) is 0 Å². The van der Waals surface area contributed by atoms with Gasteiger partial charge >= 0.3 is 24.1 Å². The minimum absolute atomic E-state index is 0.00388. The number of esters is 2. The molecule has 0 aliphatic carbocycles. The topological polar surface area (TPSA) is 139 Å². The summed E-state index contributed by atoms with van der Waals surface area (Å²) in [7, 11) is 0. The van der Waals surface area contributed by atoms with E-state index in [-0.39, 0.29) is 32.2 Å². The Morgan fingerprint density at radius 2 is 1.44 bits per heavy atom. The molecule has 0 unspecified atom stereocenters. The highest BCUT2D eigenvalue weighted by molar-refractivity contribution is 5.84. The standard InChI is InChI=1S/C29H36N2O10/c1-20(2)17-38-27(33)26(24(41-21(3)32)16-25-36-14-15-37-25)31(29(35)40-19-23-12-8-5-9-13-23)30-28(34)39-18-22-10-6-4-7-11-22/h4-13,20,24-26H,14-19H2,1-3H3,(H,30,34)/t24-,26-/m0/s1. The van der Waals surface area contributed by atoms with Gasteiger partial charge < -0.3 is 28.4 Å². The molecule has 2 atom stereocenters. The highest BCUT2D eigenvalue weighted by atomic mass is 16.7. The van der Waals surface area contributed by atoms with E-state index in [0.29, 0.717) is 29.3 Å². The van der Waals surface area contributed by atoms with Crippen LogP contribution < -0.4 is 5.43 Å². The first-order valence-corrected chi connectivity index (χ1v) is 13.3. The lowest BCUT2D eigenvalue weighted by Crippen LogP contribution is -2.61. The van der Waals surface area contributed by atoms with Gasteiger partial charge in [-0.1, -0.05) is 74.5 Å². The van der Waals surface area contributed by atoms with Gasteiger partial charge in [0.15, 0.2) is 12.3 Å². The fourth-order valence-electron chi connectivity index (χ4n) is 3.82. The van der Waals surface area contributed by atoms with Crippen molar-refractivity contribution >= 4 is 24.1 Å². The minimum atomic E-state index is -1.67. The Morgan fingerprint density at radius 3 is 1.98 bits per heavy atom. The van der Waals surface area contributed by atoms with Crippen molar-refractivity contribution in [2.75, 3.05) is 19.8 Å². The Hall–Kier alpha value is -4.16. The van der Waals surface area contributed by atoms with Crippen molar-refractivity contribution in [1.82, 2.24) is 10.4 Å². The summed E-state index contributed by atoms with van der Waals surface area (Å²) in [5.74, 6) is -1.72. The van der Waals surface area contributed by atoms with Crippen LogP contribution >= 0.6 is 0 Å². The SMILES string of the molecule is CC(=O)O[C@@H](CC1OCCO1)[C@@H](C(=O)OCC(C)C)N(NC(=O)OCc1ccccc1)C(=O)OCc1ccccc1. The smallest absolute Gasteiger partial charge is 0.430 e. The van der Waals surface area contributed by atoms with E-state index in [0.717, 1.165) is 6.92 Å². The van der Waals surface area contributed by atoms with Gasteiger partial charge in [-0.15, -0.1) is 0 Å². The van der Waals surface area contributed by atoms with Crippen LogP contribution in [0.1, 0.15) is 38.3 Å². The lowest BCUT2D eigenvalue weighted by molar-refractivity contribution is -0.170. The first-order chi connectivity index (χ1) is 19.7. The maximum absolute atomic E-state index is 13.5. The summed E-state index contributed by atoms with van der Waals surface area (Å²) < 4.78 is 32.6. The summed E-state index contributed by atoms with van der Waals surface area (Å²) >= 11 is 0. The normalized spacial score (nSPS) is 14.5. The zero-order valence-corrected chi connectivity index (χ0v) is 23.4. The largest absolute Gasteiger partial charge is 0.464 e. The van der Waals surface area contributed by atoms with Crippen LogP contribution in [0.15, 0.2) is 60.7 Å². The third kappa shape index (κ3) is 10.7. The van der Waals surface area contributed by atoms with Crippen molar-refractivity contribution in [2.24, 2.45) is 5.92 Å². The Bertz CT molecular complexity index is 1120. The third-order valence-electron chi connectivity index (χ3n) is 5.69. The molecule has 222 valence electrons. The van der Waals surface area contributed by atoms with Gasteiger partial charge in [0.05, 0.1) is 19.8 Å². The van der Waals surface area contributed by atoms with E-state index < -0.39 is 42.6 Å². The molecular weight excluding hydrogens is 536 g/mol. The van der Waals surface area contributed by atoms with Gasteiger partial charge in [0.1, 0.15) is 19.3 Å². The number of carbonyl (C=O) groups excluding carboxylic acids is 4. The number of ether oxygens (including phenoxy) is 6. The van der Waals surface area contributed by atoms with Crippen LogP contribution in [0.25, 0.3) is 0 Å². The van der Waals surface area contributed by atoms with E-state index in [4.69, 9.17) is 28.4 Å². The molecule has 12 nitrogen and oxygen atoms in total. The lowest BCUT2D eigenvalue weighted by atomic mass is 10.1. The Kier molecular flexibility index (Phi) is 12.4. The average Bonchev–Trinajstić information content (AvgIpc) is 3.47. The molecule has 1 aliphatic rings. The van der Waals surface area contributed by atoms with Gasteiger partial charge in [0.25, 0.3) is 0 Å². The molecule has 12 heteroatoms. The van der Waals surface area contributed by atoms with Crippen molar-refractivity contribution in [3.63, 3.8) is 0 Å². The highest BCUT2D eigenvalue weighted by Gasteiger charge is 2.44. The summed E-state index contributed by atoms with van der Waals surface area (Å²) in [4.78, 5) is 51.9. The molecule has 1 fully saturated rings. The third-order valence-corrected chi connectivity index (χ3v) is 5.69. The van der Waals surface area contributed by atoms with Gasteiger partial charge in [-0.2, -0.15) is 5.01 Å². The predicted octanol–water partition coefficient (Wildman–Crippen LogP) is 3.73. The number of rotatable bonds is 12. The molecule has 0 bridgehead atoms. The number of carbonyl (C=O) groups is 4. The van der Waals surface area contributed by atoms with Crippen molar-refractivity contribution < 1.29 is 47.6 Å². The Labute approximate surface area is 238 Å². The van der Waals surface area contributed by atoms with Crippen molar-refractivity contribution in [3.05, 3.63) is 71.8 Å². The molecule has 3 rings (SSSR count). The number of nitrogens with one attached hydrogen (secondary N) is 1. The second-order valence-electron chi connectivity index (χ2n) is 9.61. The maximum atomic E-state index is 13.5. The summed E-state index contributed by atoms with van der Waals surface area (Å²) in [6, 6.07) is 16.0. The molecule has 0 spiro atoms. The van der Waals surface area contributed by atoms with E-state index in [1.807, 2.05) is 19.9 Å². The van der Waals surface area contributed by atoms with Crippen molar-refractivity contribution in [2.45, 2.75) is 58.8 Å². The second-order valence-corrected chi connectivity index (χ2v) is 9.61. The van der Waals surface area contributed by atoms with E-state index in [9.17, 15) is 19.2 Å². The van der Waals surface area contributed by atoms with E-state index in [1.165, 1.54) is 0 Å². The molecule has 2 aromatic rings. The monoisotopic (exact) mass is 572 g/mol. The molecule has 1 saturated heterocycles. The quantitative estimate of drug-likeness (QED) is 0.227. The van der Waals surface area contributed by atoms with Crippen LogP contribution in [0.4, 0.5) is 9.59 Å². The fourth-order valence-corrected chi connectivity index (χ4v) is 3.82. The molecule has 0 saturated carbocycles. The molecule has 1 N–H and O–H groups in total. The summed E-state index contributed by atoms with van der Waals surface area (Å²) in [5, 5.41) is 0.626. The number of amides is 2. The van der Waals surface area contributed by atoms with Crippen molar-refractivity contribution in [1.29, 1.82) is 0 Å². The number of benzene rings is 2. The van der Waals surface area contributed by atoms with Gasteiger partial charge in [-0.3, -0.25) is 4.79 Å². The molecule has 41 heavy (non-hydrogen) atoms. The maximum Gasteiger partial charge on any atom is 0.430 e. The Morgan fingerprint density at radius 1 is 0.878 bits per heavy atom.